The highest BCUT2D eigenvalue weighted by molar-refractivity contribution is 5.70. The minimum absolute atomic E-state index is 0.0185. The highest BCUT2D eigenvalue weighted by Crippen LogP contribution is 2.15. The first-order valence-electron chi connectivity index (χ1n) is 23.7. The molecule has 0 saturated heterocycles. The maximum Gasteiger partial charge on any atom is 0.306 e. The maximum atomic E-state index is 12.7. The molecular formula is C52H87NO7. The van der Waals surface area contributed by atoms with Gasteiger partial charge in [0.05, 0.1) is 40.3 Å². The first kappa shape index (κ1) is 56.5. The van der Waals surface area contributed by atoms with Crippen molar-refractivity contribution in [3.8, 4) is 0 Å². The molecular weight excluding hydrogens is 751 g/mol. The Morgan fingerprint density at radius 3 is 1.38 bits per heavy atom. The number of carboxylic acids is 1. The van der Waals surface area contributed by atoms with E-state index in [1.807, 2.05) is 72.9 Å². The molecule has 0 aliphatic carbocycles. The average molecular weight is 838 g/mol. The molecule has 0 aromatic carbocycles. The Balaban J connectivity index is 4.42. The van der Waals surface area contributed by atoms with E-state index >= 15 is 0 Å². The van der Waals surface area contributed by atoms with E-state index in [0.717, 1.165) is 44.9 Å². The Labute approximate surface area is 367 Å². The molecule has 0 fully saturated rings. The number of allylic oxidation sites excluding steroid dienone is 14. The minimum Gasteiger partial charge on any atom is -0.544 e. The van der Waals surface area contributed by atoms with Crippen molar-refractivity contribution in [2.45, 2.75) is 187 Å². The number of carboxylic acid groups (broad SMARTS) is 1. The van der Waals surface area contributed by atoms with Crippen molar-refractivity contribution in [2.24, 2.45) is 0 Å². The van der Waals surface area contributed by atoms with Crippen LogP contribution in [-0.4, -0.2) is 75.5 Å². The third-order valence-corrected chi connectivity index (χ3v) is 10.2. The second-order valence-electron chi connectivity index (χ2n) is 16.8. The van der Waals surface area contributed by atoms with Gasteiger partial charge in [0.25, 0.3) is 0 Å². The van der Waals surface area contributed by atoms with E-state index in [0.29, 0.717) is 12.8 Å². The Hall–Kier alpha value is -3.49. The Morgan fingerprint density at radius 1 is 0.517 bits per heavy atom. The van der Waals surface area contributed by atoms with Crippen molar-refractivity contribution >= 4 is 17.9 Å². The van der Waals surface area contributed by atoms with Crippen LogP contribution in [0.15, 0.2) is 85.1 Å². The van der Waals surface area contributed by atoms with Crippen molar-refractivity contribution in [3.05, 3.63) is 85.1 Å². The summed E-state index contributed by atoms with van der Waals surface area (Å²) in [6.07, 6.45) is 54.6. The standard InChI is InChI=1S/C52H87NO7/c1-6-8-10-12-14-16-18-20-22-24-25-27-29-31-33-35-37-39-41-43-51(55)60-48(46-58-45-44-49(52(56)57)53(3,4)5)47-59-50(54)42-40-38-36-34-32-30-28-26-23-21-19-17-15-13-11-9-7-2/h8,10,12,14,16,18,20,22,24-25,27,29,31,33,48-49H,6-7,9,11,13,15,17,19,21,23,26,28,30,32,34-47H2,1-5H3/b10-8+,14-12+,18-16+,22-20+,25-24+,29-27+,33-31+. The summed E-state index contributed by atoms with van der Waals surface area (Å²) in [6, 6.07) is -0.739. The molecule has 0 aromatic rings. The summed E-state index contributed by atoms with van der Waals surface area (Å²) in [5.74, 6) is -1.80. The molecule has 0 aromatic heterocycles. The number of rotatable bonds is 41. The van der Waals surface area contributed by atoms with Gasteiger partial charge in [0, 0.05) is 19.3 Å². The number of aliphatic carboxylic acids is 1. The summed E-state index contributed by atoms with van der Waals surface area (Å²) < 4.78 is 17.2. The van der Waals surface area contributed by atoms with E-state index in [4.69, 9.17) is 14.2 Å². The van der Waals surface area contributed by atoms with E-state index in [9.17, 15) is 19.5 Å². The number of likely N-dealkylation sites (N-methyl/N-ethyl adjacent to an activating group) is 1. The summed E-state index contributed by atoms with van der Waals surface area (Å²) in [5.41, 5.74) is 0. The molecule has 0 aliphatic rings. The maximum absolute atomic E-state index is 12.7. The van der Waals surface area contributed by atoms with Gasteiger partial charge in [-0.2, -0.15) is 0 Å². The van der Waals surface area contributed by atoms with Crippen LogP contribution in [0.5, 0.6) is 0 Å². The van der Waals surface area contributed by atoms with E-state index in [2.05, 4.69) is 26.0 Å². The van der Waals surface area contributed by atoms with Gasteiger partial charge in [-0.1, -0.05) is 208 Å². The van der Waals surface area contributed by atoms with Gasteiger partial charge in [0.1, 0.15) is 12.6 Å². The number of quaternary nitrogens is 1. The monoisotopic (exact) mass is 838 g/mol. The van der Waals surface area contributed by atoms with Crippen LogP contribution in [0.4, 0.5) is 0 Å². The lowest BCUT2D eigenvalue weighted by Gasteiger charge is -2.34. The quantitative estimate of drug-likeness (QED) is 0.0261. The Morgan fingerprint density at radius 2 is 0.933 bits per heavy atom. The number of nitrogens with zero attached hydrogens (tertiary/aromatic N) is 1. The number of hydrogen-bond donors (Lipinski definition) is 0. The van der Waals surface area contributed by atoms with Gasteiger partial charge in [0.15, 0.2) is 6.10 Å². The molecule has 0 N–H and O–H groups in total. The van der Waals surface area contributed by atoms with Crippen LogP contribution >= 0.6 is 0 Å². The molecule has 0 bridgehead atoms. The summed E-state index contributed by atoms with van der Waals surface area (Å²) in [6.45, 7) is 4.47. The fraction of sp³-hybridized carbons (Fsp3) is 0.673. The predicted molar refractivity (Wildman–Crippen MR) is 249 cm³/mol. The molecule has 0 rings (SSSR count). The number of unbranched alkanes of at least 4 members (excludes halogenated alkanes) is 19. The molecule has 2 unspecified atom stereocenters. The molecule has 0 aliphatic heterocycles. The summed E-state index contributed by atoms with van der Waals surface area (Å²) >= 11 is 0. The SMILES string of the molecule is CC/C=C/C=C/C=C/C=C/C=C/C=C/C=C/CCCCCC(=O)OC(COCCC(C(=O)[O-])[N+](C)(C)C)COC(=O)CCCCCCCCCCCCCCCCCCC. The molecule has 0 radical (unpaired) electrons. The van der Waals surface area contributed by atoms with Crippen LogP contribution in [0.2, 0.25) is 0 Å². The number of carbonyl (C=O) groups is 3. The van der Waals surface area contributed by atoms with E-state index in [1.165, 1.54) is 89.9 Å². The smallest absolute Gasteiger partial charge is 0.306 e. The minimum atomic E-state index is -1.14. The Kier molecular flexibility index (Phi) is 39.8. The molecule has 2 atom stereocenters. The molecule has 0 amide bonds. The van der Waals surface area contributed by atoms with Crippen molar-refractivity contribution in [3.63, 3.8) is 0 Å². The van der Waals surface area contributed by atoms with Crippen molar-refractivity contribution in [1.82, 2.24) is 0 Å². The van der Waals surface area contributed by atoms with Gasteiger partial charge in [-0.05, 0) is 32.1 Å². The van der Waals surface area contributed by atoms with Crippen LogP contribution in [0.1, 0.15) is 174 Å². The third-order valence-electron chi connectivity index (χ3n) is 10.2. The van der Waals surface area contributed by atoms with Gasteiger partial charge in [-0.3, -0.25) is 9.59 Å². The zero-order valence-electron chi connectivity index (χ0n) is 38.8. The van der Waals surface area contributed by atoms with Crippen molar-refractivity contribution in [2.75, 3.05) is 41.0 Å². The zero-order chi connectivity index (χ0) is 44.2. The topological polar surface area (TPSA) is 102 Å². The van der Waals surface area contributed by atoms with Gasteiger partial charge in [-0.25, -0.2) is 0 Å². The summed E-state index contributed by atoms with van der Waals surface area (Å²) in [7, 11) is 5.39. The second-order valence-corrected chi connectivity index (χ2v) is 16.8. The third kappa shape index (κ3) is 39.9. The van der Waals surface area contributed by atoms with Crippen molar-refractivity contribution in [1.29, 1.82) is 0 Å². The highest BCUT2D eigenvalue weighted by atomic mass is 16.6. The first-order valence-corrected chi connectivity index (χ1v) is 23.7. The fourth-order valence-electron chi connectivity index (χ4n) is 6.58. The lowest BCUT2D eigenvalue weighted by molar-refractivity contribution is -0.889. The molecule has 0 spiro atoms. The van der Waals surface area contributed by atoms with Crippen LogP contribution in [0.3, 0.4) is 0 Å². The second kappa shape index (κ2) is 42.2. The van der Waals surface area contributed by atoms with Crippen molar-refractivity contribution < 1.29 is 38.2 Å². The predicted octanol–water partition coefficient (Wildman–Crippen LogP) is 12.0. The van der Waals surface area contributed by atoms with E-state index in [1.54, 1.807) is 21.1 Å². The van der Waals surface area contributed by atoms with E-state index < -0.39 is 18.1 Å². The zero-order valence-corrected chi connectivity index (χ0v) is 38.8. The molecule has 342 valence electrons. The number of hydrogen-bond acceptors (Lipinski definition) is 7. The molecule has 8 heteroatoms. The largest absolute Gasteiger partial charge is 0.544 e. The lowest BCUT2D eigenvalue weighted by atomic mass is 10.0. The highest BCUT2D eigenvalue weighted by Gasteiger charge is 2.25. The van der Waals surface area contributed by atoms with Crippen LogP contribution < -0.4 is 5.11 Å². The Bertz CT molecular complexity index is 1250. The summed E-state index contributed by atoms with van der Waals surface area (Å²) in [5, 5.41) is 11.6. The number of esters is 2. The molecule has 0 heterocycles. The van der Waals surface area contributed by atoms with Gasteiger partial charge >= 0.3 is 11.9 Å². The first-order chi connectivity index (χ1) is 29.1. The molecule has 0 saturated carbocycles. The molecule has 8 nitrogen and oxygen atoms in total. The van der Waals surface area contributed by atoms with E-state index in [-0.39, 0.29) is 49.1 Å². The van der Waals surface area contributed by atoms with Crippen LogP contribution in [-0.2, 0) is 28.6 Å². The lowest BCUT2D eigenvalue weighted by Crippen LogP contribution is -2.55. The van der Waals surface area contributed by atoms with Crippen LogP contribution in [0, 0.1) is 0 Å². The molecule has 60 heavy (non-hydrogen) atoms. The van der Waals surface area contributed by atoms with Crippen LogP contribution in [0.25, 0.3) is 0 Å². The summed E-state index contributed by atoms with van der Waals surface area (Å²) in [4.78, 5) is 36.9. The fourth-order valence-corrected chi connectivity index (χ4v) is 6.58. The normalized spacial score (nSPS) is 13.7. The van der Waals surface area contributed by atoms with Gasteiger partial charge in [-0.15, -0.1) is 0 Å². The average Bonchev–Trinajstić information content (AvgIpc) is 3.21. The number of ether oxygens (including phenoxy) is 3. The van der Waals surface area contributed by atoms with Gasteiger partial charge < -0.3 is 28.6 Å². The number of carbonyl (C=O) groups excluding carboxylic acids is 3. The van der Waals surface area contributed by atoms with Gasteiger partial charge in [0.2, 0.25) is 0 Å².